The van der Waals surface area contributed by atoms with Gasteiger partial charge in [0, 0.05) is 13.0 Å². The Morgan fingerprint density at radius 1 is 1.41 bits per heavy atom. The molecule has 1 aliphatic carbocycles. The van der Waals surface area contributed by atoms with Crippen molar-refractivity contribution < 1.29 is 0 Å². The Morgan fingerprint density at radius 2 is 2.18 bits per heavy atom. The van der Waals surface area contributed by atoms with Crippen molar-refractivity contribution >= 4 is 34.2 Å². The van der Waals surface area contributed by atoms with Crippen molar-refractivity contribution in [3.05, 3.63) is 26.9 Å². The summed E-state index contributed by atoms with van der Waals surface area (Å²) in [5.41, 5.74) is 1.98. The summed E-state index contributed by atoms with van der Waals surface area (Å²) >= 11 is 8.40. The zero-order valence-corrected chi connectivity index (χ0v) is 12.1. The number of aromatic nitrogens is 4. The number of hydrogen-bond donors (Lipinski definition) is 0. The van der Waals surface area contributed by atoms with Crippen LogP contribution in [0.1, 0.15) is 24.5 Å². The summed E-state index contributed by atoms with van der Waals surface area (Å²) in [6.07, 6.45) is 5.90. The van der Waals surface area contributed by atoms with Crippen molar-refractivity contribution in [2.75, 3.05) is 0 Å². The van der Waals surface area contributed by atoms with Crippen LogP contribution in [0.5, 0.6) is 0 Å². The smallest absolute Gasteiger partial charge is 0.179 e. The highest BCUT2D eigenvalue weighted by molar-refractivity contribution is 14.1. The molecule has 0 spiro atoms. The number of nitrogens with zero attached hydrogens (tertiary/aromatic N) is 4. The number of aryl methyl sites for hydroxylation is 1. The molecule has 2 aromatic rings. The summed E-state index contributed by atoms with van der Waals surface area (Å²) in [5.74, 6) is 1.23. The van der Waals surface area contributed by atoms with Crippen molar-refractivity contribution in [3.8, 4) is 11.5 Å². The van der Waals surface area contributed by atoms with Crippen LogP contribution in [0.4, 0.5) is 0 Å². The number of imidazole rings is 1. The molecule has 0 radical (unpaired) electrons. The van der Waals surface area contributed by atoms with E-state index in [1.165, 1.54) is 12.8 Å². The van der Waals surface area contributed by atoms with Gasteiger partial charge in [0.05, 0.1) is 21.8 Å². The molecule has 1 saturated carbocycles. The van der Waals surface area contributed by atoms with E-state index < -0.39 is 0 Å². The van der Waals surface area contributed by atoms with Gasteiger partial charge in [-0.2, -0.15) is 0 Å². The molecule has 0 saturated heterocycles. The fourth-order valence-electron chi connectivity index (χ4n) is 1.75. The Labute approximate surface area is 118 Å². The molecule has 0 atom stereocenters. The molecule has 0 unspecified atom stereocenters. The van der Waals surface area contributed by atoms with Crippen molar-refractivity contribution in [3.63, 3.8) is 0 Å². The summed E-state index contributed by atoms with van der Waals surface area (Å²) in [6.45, 7) is 0. The second kappa shape index (κ2) is 4.20. The van der Waals surface area contributed by atoms with Crippen LogP contribution in [-0.2, 0) is 7.05 Å². The summed E-state index contributed by atoms with van der Waals surface area (Å²) in [6, 6.07) is 0. The van der Waals surface area contributed by atoms with Gasteiger partial charge in [0.1, 0.15) is 10.8 Å². The van der Waals surface area contributed by atoms with Crippen LogP contribution in [0, 0.1) is 3.57 Å². The first-order valence-electron chi connectivity index (χ1n) is 5.36. The van der Waals surface area contributed by atoms with E-state index in [2.05, 4.69) is 37.5 Å². The molecule has 1 fully saturated rings. The molecule has 0 N–H and O–H groups in total. The van der Waals surface area contributed by atoms with Crippen molar-refractivity contribution in [1.29, 1.82) is 0 Å². The van der Waals surface area contributed by atoms with Gasteiger partial charge in [-0.15, -0.1) is 0 Å². The summed E-state index contributed by atoms with van der Waals surface area (Å²) in [4.78, 5) is 13.0. The highest BCUT2D eigenvalue weighted by Crippen LogP contribution is 2.42. The minimum atomic E-state index is 0.540. The van der Waals surface area contributed by atoms with Crippen LogP contribution in [0.25, 0.3) is 11.5 Å². The fraction of sp³-hybridized carbons (Fsp3) is 0.364. The molecule has 0 aliphatic heterocycles. The predicted molar refractivity (Wildman–Crippen MR) is 73.9 cm³/mol. The maximum Gasteiger partial charge on any atom is 0.179 e. The standard InChI is InChI=1S/C11H10ClIN4/c1-17-5-14-4-7(17)11-15-9(6-2-3-6)8(13)10(12)16-11/h4-6H,2-3H2,1H3. The van der Waals surface area contributed by atoms with Crippen LogP contribution >= 0.6 is 34.2 Å². The van der Waals surface area contributed by atoms with E-state index in [4.69, 9.17) is 11.6 Å². The quantitative estimate of drug-likeness (QED) is 0.611. The minimum Gasteiger partial charge on any atom is -0.331 e. The average Bonchev–Trinajstić information content (AvgIpc) is 3.05. The summed E-state index contributed by atoms with van der Waals surface area (Å²) in [5, 5.41) is 0.540. The van der Waals surface area contributed by atoms with Crippen molar-refractivity contribution in [2.24, 2.45) is 7.05 Å². The Balaban J connectivity index is 2.15. The molecule has 17 heavy (non-hydrogen) atoms. The van der Waals surface area contributed by atoms with Gasteiger partial charge in [0.2, 0.25) is 0 Å². The highest BCUT2D eigenvalue weighted by atomic mass is 127. The van der Waals surface area contributed by atoms with Gasteiger partial charge < -0.3 is 4.57 Å². The van der Waals surface area contributed by atoms with E-state index in [0.29, 0.717) is 16.9 Å². The lowest BCUT2D eigenvalue weighted by Crippen LogP contribution is -2.02. The van der Waals surface area contributed by atoms with E-state index in [1.807, 2.05) is 11.6 Å². The average molecular weight is 361 g/mol. The fourth-order valence-corrected chi connectivity index (χ4v) is 2.61. The van der Waals surface area contributed by atoms with E-state index in [9.17, 15) is 0 Å². The molecule has 0 amide bonds. The molecule has 6 heteroatoms. The maximum absolute atomic E-state index is 6.17. The van der Waals surface area contributed by atoms with Crippen LogP contribution in [0.2, 0.25) is 5.15 Å². The van der Waals surface area contributed by atoms with E-state index in [-0.39, 0.29) is 0 Å². The first kappa shape index (κ1) is 11.4. The Bertz CT molecular complexity index is 577. The molecule has 2 aromatic heterocycles. The monoisotopic (exact) mass is 360 g/mol. The van der Waals surface area contributed by atoms with Crippen LogP contribution in [-0.4, -0.2) is 19.5 Å². The molecular formula is C11H10ClIN4. The van der Waals surface area contributed by atoms with Gasteiger partial charge in [-0.3, -0.25) is 0 Å². The Morgan fingerprint density at radius 3 is 2.76 bits per heavy atom. The van der Waals surface area contributed by atoms with Crippen LogP contribution in [0.15, 0.2) is 12.5 Å². The first-order chi connectivity index (χ1) is 8.16. The van der Waals surface area contributed by atoms with Gasteiger partial charge >= 0.3 is 0 Å². The molecule has 88 valence electrons. The SMILES string of the molecule is Cn1cncc1-c1nc(Cl)c(I)c(C2CC2)n1. The lowest BCUT2D eigenvalue weighted by Gasteiger charge is -2.07. The second-order valence-electron chi connectivity index (χ2n) is 4.20. The number of rotatable bonds is 2. The molecule has 0 bridgehead atoms. The third kappa shape index (κ3) is 2.06. The van der Waals surface area contributed by atoms with Gasteiger partial charge in [0.25, 0.3) is 0 Å². The molecule has 1 aliphatic rings. The Kier molecular flexibility index (Phi) is 2.82. The number of halogens is 2. The highest BCUT2D eigenvalue weighted by Gasteiger charge is 2.29. The van der Waals surface area contributed by atoms with Gasteiger partial charge in [0.15, 0.2) is 5.82 Å². The van der Waals surface area contributed by atoms with E-state index >= 15 is 0 Å². The lowest BCUT2D eigenvalue weighted by molar-refractivity contribution is 0.896. The lowest BCUT2D eigenvalue weighted by atomic mass is 10.3. The molecule has 3 rings (SSSR count). The second-order valence-corrected chi connectivity index (χ2v) is 5.64. The third-order valence-electron chi connectivity index (χ3n) is 2.85. The molecule has 0 aromatic carbocycles. The topological polar surface area (TPSA) is 43.6 Å². The van der Waals surface area contributed by atoms with Crippen molar-refractivity contribution in [2.45, 2.75) is 18.8 Å². The van der Waals surface area contributed by atoms with E-state index in [1.54, 1.807) is 12.5 Å². The predicted octanol–water partition coefficient (Wildman–Crippen LogP) is 3.01. The van der Waals surface area contributed by atoms with Gasteiger partial charge in [-0.1, -0.05) is 11.6 Å². The largest absolute Gasteiger partial charge is 0.331 e. The molecule has 2 heterocycles. The maximum atomic E-state index is 6.17. The first-order valence-corrected chi connectivity index (χ1v) is 6.82. The Hall–Kier alpha value is -0.690. The zero-order valence-electron chi connectivity index (χ0n) is 9.19. The number of hydrogen-bond acceptors (Lipinski definition) is 3. The summed E-state index contributed by atoms with van der Waals surface area (Å²) in [7, 11) is 1.92. The zero-order chi connectivity index (χ0) is 12.0. The third-order valence-corrected chi connectivity index (χ3v) is 4.50. The van der Waals surface area contributed by atoms with Crippen LogP contribution in [0.3, 0.4) is 0 Å². The van der Waals surface area contributed by atoms with Crippen LogP contribution < -0.4 is 0 Å². The minimum absolute atomic E-state index is 0.540. The van der Waals surface area contributed by atoms with Gasteiger partial charge in [-0.25, -0.2) is 15.0 Å². The van der Waals surface area contributed by atoms with Gasteiger partial charge in [-0.05, 0) is 35.4 Å². The molecular weight excluding hydrogens is 351 g/mol. The summed E-state index contributed by atoms with van der Waals surface area (Å²) < 4.78 is 2.88. The van der Waals surface area contributed by atoms with E-state index in [0.717, 1.165) is 15.0 Å². The molecule has 4 nitrogen and oxygen atoms in total. The van der Waals surface area contributed by atoms with Crippen molar-refractivity contribution in [1.82, 2.24) is 19.5 Å². The normalized spacial score (nSPS) is 15.2.